The van der Waals surface area contributed by atoms with E-state index in [1.807, 2.05) is 0 Å². The maximum atomic E-state index is 11.9. The number of carbonyl (C=O) groups excluding carboxylic acids is 2. The summed E-state index contributed by atoms with van der Waals surface area (Å²) in [4.78, 5) is 22.6. The molecule has 5 N–H and O–H groups in total. The van der Waals surface area contributed by atoms with Gasteiger partial charge in [0.25, 0.3) is 5.91 Å². The molecule has 0 aliphatic rings. The van der Waals surface area contributed by atoms with E-state index in [2.05, 4.69) is 5.32 Å². The Balaban J connectivity index is 2.77. The van der Waals surface area contributed by atoms with E-state index in [1.54, 1.807) is 19.1 Å². The van der Waals surface area contributed by atoms with Gasteiger partial charge in [-0.2, -0.15) is 0 Å². The van der Waals surface area contributed by atoms with Crippen molar-refractivity contribution in [2.75, 3.05) is 12.8 Å². The Morgan fingerprint density at radius 2 is 2.06 bits per heavy atom. The zero-order chi connectivity index (χ0) is 13.7. The van der Waals surface area contributed by atoms with Crippen molar-refractivity contribution in [1.29, 1.82) is 0 Å². The summed E-state index contributed by atoms with van der Waals surface area (Å²) in [5.74, 6) is -0.287. The van der Waals surface area contributed by atoms with Crippen LogP contribution in [0.15, 0.2) is 18.2 Å². The number of primary amides is 1. The number of amides is 2. The molecule has 18 heavy (non-hydrogen) atoms. The van der Waals surface area contributed by atoms with Crippen LogP contribution in [0.1, 0.15) is 23.7 Å². The number of rotatable bonds is 5. The molecule has 0 fully saturated rings. The predicted molar refractivity (Wildman–Crippen MR) is 68.1 cm³/mol. The molecule has 1 rings (SSSR count). The van der Waals surface area contributed by atoms with E-state index in [0.717, 1.165) is 0 Å². The van der Waals surface area contributed by atoms with E-state index in [1.165, 1.54) is 13.2 Å². The van der Waals surface area contributed by atoms with E-state index in [4.69, 9.17) is 16.2 Å². The quantitative estimate of drug-likeness (QED) is 0.653. The summed E-state index contributed by atoms with van der Waals surface area (Å²) in [6.45, 7) is 1.70. The average molecular weight is 251 g/mol. The van der Waals surface area contributed by atoms with Gasteiger partial charge in [-0.3, -0.25) is 9.59 Å². The highest BCUT2D eigenvalue weighted by molar-refractivity contribution is 5.96. The fourth-order valence-corrected chi connectivity index (χ4v) is 1.53. The Hall–Kier alpha value is -2.24. The van der Waals surface area contributed by atoms with Gasteiger partial charge >= 0.3 is 0 Å². The third-order valence-corrected chi connectivity index (χ3v) is 2.31. The fraction of sp³-hybridized carbons (Fsp3) is 0.333. The largest absolute Gasteiger partial charge is 0.497 e. The second-order valence-corrected chi connectivity index (χ2v) is 4.04. The molecule has 1 unspecified atom stereocenters. The lowest BCUT2D eigenvalue weighted by Gasteiger charge is -2.13. The van der Waals surface area contributed by atoms with Crippen LogP contribution in [0.3, 0.4) is 0 Å². The van der Waals surface area contributed by atoms with Crippen LogP contribution in [0.25, 0.3) is 0 Å². The second-order valence-electron chi connectivity index (χ2n) is 4.04. The molecule has 98 valence electrons. The topological polar surface area (TPSA) is 107 Å². The van der Waals surface area contributed by atoms with Crippen molar-refractivity contribution < 1.29 is 14.3 Å². The Labute approximate surface area is 105 Å². The third-order valence-electron chi connectivity index (χ3n) is 2.31. The Morgan fingerprint density at radius 3 is 2.61 bits per heavy atom. The highest BCUT2D eigenvalue weighted by Gasteiger charge is 2.13. The first-order valence-corrected chi connectivity index (χ1v) is 5.46. The van der Waals surface area contributed by atoms with Crippen LogP contribution >= 0.6 is 0 Å². The van der Waals surface area contributed by atoms with Gasteiger partial charge in [-0.1, -0.05) is 0 Å². The van der Waals surface area contributed by atoms with Crippen molar-refractivity contribution >= 4 is 17.5 Å². The zero-order valence-electron chi connectivity index (χ0n) is 10.4. The number of methoxy groups -OCH3 is 1. The van der Waals surface area contributed by atoms with Crippen LogP contribution < -0.4 is 21.5 Å². The van der Waals surface area contributed by atoms with Crippen molar-refractivity contribution in [3.63, 3.8) is 0 Å². The van der Waals surface area contributed by atoms with Gasteiger partial charge in [0.1, 0.15) is 5.75 Å². The first-order valence-electron chi connectivity index (χ1n) is 5.46. The molecular weight excluding hydrogens is 234 g/mol. The van der Waals surface area contributed by atoms with E-state index >= 15 is 0 Å². The molecule has 2 amide bonds. The van der Waals surface area contributed by atoms with Gasteiger partial charge in [0.05, 0.1) is 7.11 Å². The lowest BCUT2D eigenvalue weighted by atomic mass is 10.1. The molecular formula is C12H17N3O3. The second kappa shape index (κ2) is 5.90. The van der Waals surface area contributed by atoms with Gasteiger partial charge < -0.3 is 21.5 Å². The van der Waals surface area contributed by atoms with Gasteiger partial charge in [-0.25, -0.2) is 0 Å². The van der Waals surface area contributed by atoms with Crippen molar-refractivity contribution in [1.82, 2.24) is 5.32 Å². The number of benzene rings is 1. The van der Waals surface area contributed by atoms with Gasteiger partial charge in [0.15, 0.2) is 0 Å². The van der Waals surface area contributed by atoms with E-state index in [0.29, 0.717) is 17.0 Å². The number of carbonyl (C=O) groups is 2. The number of hydrogen-bond acceptors (Lipinski definition) is 4. The average Bonchev–Trinajstić information content (AvgIpc) is 2.26. The summed E-state index contributed by atoms with van der Waals surface area (Å²) < 4.78 is 5.02. The molecule has 0 aliphatic heterocycles. The molecule has 0 heterocycles. The van der Waals surface area contributed by atoms with Crippen LogP contribution in [0.5, 0.6) is 5.75 Å². The third kappa shape index (κ3) is 3.97. The van der Waals surface area contributed by atoms with Crippen molar-refractivity contribution in [2.24, 2.45) is 5.73 Å². The molecule has 0 bridgehead atoms. The number of hydrogen-bond donors (Lipinski definition) is 3. The molecule has 0 saturated carbocycles. The molecule has 1 aromatic rings. The first-order chi connectivity index (χ1) is 8.42. The lowest BCUT2D eigenvalue weighted by Crippen LogP contribution is -2.35. The van der Waals surface area contributed by atoms with Crippen LogP contribution in [0, 0.1) is 0 Å². The Bertz CT molecular complexity index is 460. The minimum atomic E-state index is -0.465. The maximum absolute atomic E-state index is 11.9. The summed E-state index contributed by atoms with van der Waals surface area (Å²) in [7, 11) is 1.49. The molecule has 6 nitrogen and oxygen atoms in total. The maximum Gasteiger partial charge on any atom is 0.251 e. The van der Waals surface area contributed by atoms with Gasteiger partial charge in [-0.15, -0.1) is 0 Å². The van der Waals surface area contributed by atoms with Crippen molar-refractivity contribution in [3.8, 4) is 5.75 Å². The predicted octanol–water partition coefficient (Wildman–Crippen LogP) is 0.271. The summed E-state index contributed by atoms with van der Waals surface area (Å²) in [5.41, 5.74) is 11.5. The highest BCUT2D eigenvalue weighted by atomic mass is 16.5. The van der Waals surface area contributed by atoms with Crippen molar-refractivity contribution in [2.45, 2.75) is 19.4 Å². The monoisotopic (exact) mass is 251 g/mol. The molecule has 6 heteroatoms. The molecule has 0 radical (unpaired) electrons. The van der Waals surface area contributed by atoms with Gasteiger partial charge in [-0.05, 0) is 19.1 Å². The summed E-state index contributed by atoms with van der Waals surface area (Å²) in [6, 6.07) is 4.39. The number of nitrogens with one attached hydrogen (secondary N) is 1. The summed E-state index contributed by atoms with van der Waals surface area (Å²) in [6.07, 6.45) is 0.0885. The molecule has 1 aromatic carbocycles. The minimum absolute atomic E-state index is 0.0885. The molecule has 0 saturated heterocycles. The Kier molecular flexibility index (Phi) is 4.53. The number of ether oxygens (including phenoxy) is 1. The van der Waals surface area contributed by atoms with Crippen LogP contribution in [0.4, 0.5) is 5.69 Å². The number of nitrogen functional groups attached to an aromatic ring is 1. The molecule has 0 aliphatic carbocycles. The zero-order valence-corrected chi connectivity index (χ0v) is 10.4. The summed E-state index contributed by atoms with van der Waals surface area (Å²) >= 11 is 0. The van der Waals surface area contributed by atoms with E-state index in [-0.39, 0.29) is 18.4 Å². The standard InChI is InChI=1S/C12H17N3O3/c1-7(3-11(14)16)15-12(17)8-4-9(13)6-10(5-8)18-2/h4-7H,3,13H2,1-2H3,(H2,14,16)(H,15,17). The SMILES string of the molecule is COc1cc(N)cc(C(=O)NC(C)CC(N)=O)c1. The van der Waals surface area contributed by atoms with Crippen molar-refractivity contribution in [3.05, 3.63) is 23.8 Å². The number of anilines is 1. The van der Waals surface area contributed by atoms with E-state index in [9.17, 15) is 9.59 Å². The van der Waals surface area contributed by atoms with Gasteiger partial charge in [0.2, 0.25) is 5.91 Å². The highest BCUT2D eigenvalue weighted by Crippen LogP contribution is 2.18. The summed E-state index contributed by atoms with van der Waals surface area (Å²) in [5, 5.41) is 2.66. The van der Waals surface area contributed by atoms with Crippen LogP contribution in [0.2, 0.25) is 0 Å². The van der Waals surface area contributed by atoms with Crippen LogP contribution in [-0.2, 0) is 4.79 Å². The fourth-order valence-electron chi connectivity index (χ4n) is 1.53. The molecule has 1 atom stereocenters. The van der Waals surface area contributed by atoms with Gasteiger partial charge in [0, 0.05) is 29.8 Å². The normalized spacial score (nSPS) is 11.7. The van der Waals surface area contributed by atoms with E-state index < -0.39 is 5.91 Å². The smallest absolute Gasteiger partial charge is 0.251 e. The number of nitrogens with two attached hydrogens (primary N) is 2. The first kappa shape index (κ1) is 13.8. The minimum Gasteiger partial charge on any atom is -0.497 e. The molecule has 0 aromatic heterocycles. The molecule has 0 spiro atoms. The Morgan fingerprint density at radius 1 is 1.39 bits per heavy atom. The lowest BCUT2D eigenvalue weighted by molar-refractivity contribution is -0.118. The van der Waals surface area contributed by atoms with Crippen LogP contribution in [-0.4, -0.2) is 25.0 Å².